The molecule has 18 heavy (non-hydrogen) atoms. The largest absolute Gasteiger partial charge is 0.382 e. The van der Waals surface area contributed by atoms with Crippen LogP contribution in [-0.4, -0.2) is 20.2 Å². The van der Waals surface area contributed by atoms with Crippen molar-refractivity contribution in [1.29, 1.82) is 0 Å². The van der Waals surface area contributed by atoms with Crippen molar-refractivity contribution in [2.75, 3.05) is 0 Å². The van der Waals surface area contributed by atoms with Gasteiger partial charge in [0.25, 0.3) is 0 Å². The summed E-state index contributed by atoms with van der Waals surface area (Å²) in [5, 5.41) is 21.3. The molecule has 4 nitrogen and oxygen atoms in total. The van der Waals surface area contributed by atoms with Gasteiger partial charge < -0.3 is 10.2 Å². The molecule has 2 N–H and O–H groups in total. The molecule has 0 saturated carbocycles. The van der Waals surface area contributed by atoms with Gasteiger partial charge in [0.1, 0.15) is 11.2 Å². The molecule has 0 saturated heterocycles. The third-order valence-electron chi connectivity index (χ3n) is 3.40. The van der Waals surface area contributed by atoms with Crippen LogP contribution in [0.5, 0.6) is 0 Å². The van der Waals surface area contributed by atoms with E-state index in [1.54, 1.807) is 62.9 Å². The highest BCUT2D eigenvalue weighted by Crippen LogP contribution is 2.39. The van der Waals surface area contributed by atoms with E-state index in [0.29, 0.717) is 11.1 Å². The molecular weight excluding hydrogens is 228 g/mol. The Labute approximate surface area is 106 Å². The molecule has 0 aliphatic carbocycles. The van der Waals surface area contributed by atoms with Crippen molar-refractivity contribution in [3.8, 4) is 0 Å². The average molecular weight is 244 g/mol. The first kappa shape index (κ1) is 12.7. The van der Waals surface area contributed by atoms with Gasteiger partial charge in [0.2, 0.25) is 0 Å². The van der Waals surface area contributed by atoms with Crippen molar-refractivity contribution in [3.05, 3.63) is 60.2 Å². The molecule has 2 heterocycles. The molecule has 0 aliphatic heterocycles. The third-order valence-corrected chi connectivity index (χ3v) is 3.40. The van der Waals surface area contributed by atoms with E-state index in [2.05, 4.69) is 9.97 Å². The van der Waals surface area contributed by atoms with Gasteiger partial charge in [-0.2, -0.15) is 0 Å². The van der Waals surface area contributed by atoms with Crippen molar-refractivity contribution >= 4 is 0 Å². The Bertz CT molecular complexity index is 460. The summed E-state index contributed by atoms with van der Waals surface area (Å²) in [7, 11) is 0. The Hall–Kier alpha value is -1.78. The summed E-state index contributed by atoms with van der Waals surface area (Å²) in [6.07, 6.45) is 6.34. The molecule has 2 aromatic heterocycles. The minimum Gasteiger partial charge on any atom is -0.382 e. The zero-order valence-electron chi connectivity index (χ0n) is 10.4. The standard InChI is InChI=1S/C14H16N2O2/c1-13(17,11-5-3-7-15-9-11)14(2,18)12-6-4-8-16-10-12/h3-10,17-18H,1-2H3/t13-,14-/m1/s1. The monoisotopic (exact) mass is 244 g/mol. The first-order chi connectivity index (χ1) is 8.46. The predicted octanol–water partition coefficient (Wildman–Crippen LogP) is 1.59. The van der Waals surface area contributed by atoms with E-state index in [1.807, 2.05) is 0 Å². The van der Waals surface area contributed by atoms with Crippen LogP contribution in [0.3, 0.4) is 0 Å². The quantitative estimate of drug-likeness (QED) is 0.860. The van der Waals surface area contributed by atoms with Gasteiger partial charge in [0.05, 0.1) is 0 Å². The summed E-state index contributed by atoms with van der Waals surface area (Å²) in [4.78, 5) is 7.94. The SMILES string of the molecule is C[C@@](O)(c1cccnc1)[C@](C)(O)c1cccnc1. The maximum atomic E-state index is 10.6. The summed E-state index contributed by atoms with van der Waals surface area (Å²) in [5.74, 6) is 0. The number of aromatic nitrogens is 2. The van der Waals surface area contributed by atoms with Gasteiger partial charge in [-0.3, -0.25) is 9.97 Å². The van der Waals surface area contributed by atoms with Crippen molar-refractivity contribution in [3.63, 3.8) is 0 Å². The Kier molecular flexibility index (Phi) is 3.15. The fourth-order valence-corrected chi connectivity index (χ4v) is 1.86. The number of hydrogen-bond donors (Lipinski definition) is 2. The predicted molar refractivity (Wildman–Crippen MR) is 67.6 cm³/mol. The van der Waals surface area contributed by atoms with Crippen LogP contribution in [0.1, 0.15) is 25.0 Å². The maximum Gasteiger partial charge on any atom is 0.121 e. The molecule has 2 aromatic rings. The van der Waals surface area contributed by atoms with Crippen molar-refractivity contribution in [2.45, 2.75) is 25.0 Å². The lowest BCUT2D eigenvalue weighted by atomic mass is 9.77. The highest BCUT2D eigenvalue weighted by Gasteiger charge is 2.44. The molecule has 4 heteroatoms. The van der Waals surface area contributed by atoms with Crippen LogP contribution in [0.25, 0.3) is 0 Å². The lowest BCUT2D eigenvalue weighted by Crippen LogP contribution is -2.45. The molecule has 94 valence electrons. The Morgan fingerprint density at radius 1 is 0.833 bits per heavy atom. The zero-order chi connectivity index (χ0) is 13.2. The highest BCUT2D eigenvalue weighted by atomic mass is 16.4. The second-order valence-corrected chi connectivity index (χ2v) is 4.63. The van der Waals surface area contributed by atoms with Gasteiger partial charge in [-0.15, -0.1) is 0 Å². The van der Waals surface area contributed by atoms with Gasteiger partial charge in [0, 0.05) is 35.9 Å². The van der Waals surface area contributed by atoms with E-state index in [4.69, 9.17) is 0 Å². The lowest BCUT2D eigenvalue weighted by Gasteiger charge is -2.38. The summed E-state index contributed by atoms with van der Waals surface area (Å²) in [6, 6.07) is 6.92. The molecule has 2 atom stereocenters. The van der Waals surface area contributed by atoms with Gasteiger partial charge in [0.15, 0.2) is 0 Å². The summed E-state index contributed by atoms with van der Waals surface area (Å²) >= 11 is 0. The minimum absolute atomic E-state index is 0.554. The van der Waals surface area contributed by atoms with Gasteiger partial charge in [-0.25, -0.2) is 0 Å². The molecule has 0 bridgehead atoms. The lowest BCUT2D eigenvalue weighted by molar-refractivity contribution is -0.143. The normalized spacial score (nSPS) is 17.8. The van der Waals surface area contributed by atoms with Gasteiger partial charge in [-0.1, -0.05) is 12.1 Å². The Balaban J connectivity index is 2.47. The van der Waals surface area contributed by atoms with Gasteiger partial charge >= 0.3 is 0 Å². The second kappa shape index (κ2) is 4.48. The van der Waals surface area contributed by atoms with Crippen molar-refractivity contribution in [2.24, 2.45) is 0 Å². The van der Waals surface area contributed by atoms with E-state index in [-0.39, 0.29) is 0 Å². The van der Waals surface area contributed by atoms with Crippen LogP contribution >= 0.6 is 0 Å². The van der Waals surface area contributed by atoms with E-state index < -0.39 is 11.2 Å². The molecule has 0 fully saturated rings. The molecule has 0 aliphatic rings. The Morgan fingerprint density at radius 3 is 1.50 bits per heavy atom. The number of rotatable bonds is 3. The number of aliphatic hydroxyl groups is 2. The number of nitrogens with zero attached hydrogens (tertiary/aromatic N) is 2. The first-order valence-electron chi connectivity index (χ1n) is 5.72. The molecule has 0 amide bonds. The molecular formula is C14H16N2O2. The Morgan fingerprint density at radius 2 is 1.22 bits per heavy atom. The fourth-order valence-electron chi connectivity index (χ4n) is 1.86. The smallest absolute Gasteiger partial charge is 0.121 e. The van der Waals surface area contributed by atoms with Crippen LogP contribution in [0.2, 0.25) is 0 Å². The summed E-state index contributed by atoms with van der Waals surface area (Å²) in [6.45, 7) is 3.13. The van der Waals surface area contributed by atoms with Crippen molar-refractivity contribution in [1.82, 2.24) is 9.97 Å². The van der Waals surface area contributed by atoms with Crippen molar-refractivity contribution < 1.29 is 10.2 Å². The molecule has 0 aromatic carbocycles. The minimum atomic E-state index is -1.45. The van der Waals surface area contributed by atoms with E-state index in [0.717, 1.165) is 0 Å². The van der Waals surface area contributed by atoms with E-state index in [9.17, 15) is 10.2 Å². The van der Waals surface area contributed by atoms with Crippen LogP contribution in [0.15, 0.2) is 49.1 Å². The molecule has 2 rings (SSSR count). The highest BCUT2D eigenvalue weighted by molar-refractivity contribution is 5.29. The van der Waals surface area contributed by atoms with E-state index >= 15 is 0 Å². The number of pyridine rings is 2. The van der Waals surface area contributed by atoms with Crippen LogP contribution in [-0.2, 0) is 11.2 Å². The average Bonchev–Trinajstić information content (AvgIpc) is 2.40. The van der Waals surface area contributed by atoms with Crippen LogP contribution in [0.4, 0.5) is 0 Å². The zero-order valence-corrected chi connectivity index (χ0v) is 10.4. The van der Waals surface area contributed by atoms with Crippen LogP contribution in [0, 0.1) is 0 Å². The summed E-state index contributed by atoms with van der Waals surface area (Å²) in [5.41, 5.74) is -1.80. The molecule has 0 radical (unpaired) electrons. The van der Waals surface area contributed by atoms with Crippen LogP contribution < -0.4 is 0 Å². The number of hydrogen-bond acceptors (Lipinski definition) is 4. The van der Waals surface area contributed by atoms with E-state index in [1.165, 1.54) is 0 Å². The molecule has 0 unspecified atom stereocenters. The second-order valence-electron chi connectivity index (χ2n) is 4.63. The molecule has 0 spiro atoms. The summed E-state index contributed by atoms with van der Waals surface area (Å²) < 4.78 is 0. The topological polar surface area (TPSA) is 66.2 Å². The third kappa shape index (κ3) is 2.00. The maximum absolute atomic E-state index is 10.6. The fraction of sp³-hybridized carbons (Fsp3) is 0.286. The van der Waals surface area contributed by atoms with Gasteiger partial charge in [-0.05, 0) is 26.0 Å². The first-order valence-corrected chi connectivity index (χ1v) is 5.72.